The third-order valence-corrected chi connectivity index (χ3v) is 7.05. The van der Waals surface area contributed by atoms with Crippen LogP contribution in [0.4, 0.5) is 10.1 Å². The minimum absolute atomic E-state index is 0.0282. The molecule has 6 atom stereocenters. The van der Waals surface area contributed by atoms with Crippen LogP contribution in [-0.4, -0.2) is 40.8 Å². The second-order valence-electron chi connectivity index (χ2n) is 8.11. The zero-order valence-electron chi connectivity index (χ0n) is 15.9. The summed E-state index contributed by atoms with van der Waals surface area (Å²) < 4.78 is 15.5. The minimum Gasteiger partial charge on any atom is -0.396 e. The van der Waals surface area contributed by atoms with Crippen molar-refractivity contribution >= 4 is 34.8 Å². The lowest BCUT2D eigenvalue weighted by atomic mass is 9.60. The summed E-state index contributed by atoms with van der Waals surface area (Å²) in [6.45, 7) is 1.21. The normalized spacial score (nSPS) is 37.2. The molecule has 160 valence electrons. The number of aliphatic hydroxyl groups is 1. The van der Waals surface area contributed by atoms with Crippen LogP contribution in [0.3, 0.4) is 0 Å². The van der Waals surface area contributed by atoms with Crippen molar-refractivity contribution in [2.24, 2.45) is 11.3 Å². The van der Waals surface area contributed by atoms with E-state index >= 15 is 4.39 Å². The van der Waals surface area contributed by atoms with E-state index in [4.69, 9.17) is 23.2 Å². The monoisotopic (exact) mass is 455 g/mol. The fourth-order valence-electron chi connectivity index (χ4n) is 5.27. The number of allylic oxidation sites excluding steroid dienone is 4. The molecule has 3 aliphatic rings. The Morgan fingerprint density at radius 1 is 1.37 bits per heavy atom. The molecule has 1 aliphatic carbocycles. The lowest BCUT2D eigenvalue weighted by Crippen LogP contribution is -2.57. The van der Waals surface area contributed by atoms with Crippen molar-refractivity contribution in [1.29, 1.82) is 0 Å². The molecule has 1 aromatic carbocycles. The van der Waals surface area contributed by atoms with E-state index in [1.165, 1.54) is 19.1 Å². The molecular weight excluding hydrogens is 436 g/mol. The SMILES string of the molecule is CC1([C@H]2[C@H]([N+](=O)[O-])[C@H](CCO)N[C@@]23C(=O)Nc2cc(Cl)ccc23)C=CC=C(Cl)C1F. The second kappa shape index (κ2) is 7.30. The van der Waals surface area contributed by atoms with Crippen LogP contribution in [0.2, 0.25) is 5.02 Å². The van der Waals surface area contributed by atoms with Gasteiger partial charge in [-0.25, -0.2) is 4.39 Å². The molecule has 3 N–H and O–H groups in total. The average Bonchev–Trinajstić information content (AvgIpc) is 3.16. The molecule has 2 aliphatic heterocycles. The van der Waals surface area contributed by atoms with E-state index < -0.39 is 46.0 Å². The number of nitrogens with zero attached hydrogens (tertiary/aromatic N) is 1. The molecule has 4 rings (SSSR count). The first kappa shape index (κ1) is 21.2. The van der Waals surface area contributed by atoms with Gasteiger partial charge in [-0.2, -0.15) is 0 Å². The quantitative estimate of drug-likeness (QED) is 0.477. The summed E-state index contributed by atoms with van der Waals surface area (Å²) in [7, 11) is 0. The van der Waals surface area contributed by atoms with E-state index in [1.54, 1.807) is 24.3 Å². The van der Waals surface area contributed by atoms with Gasteiger partial charge in [0.1, 0.15) is 11.7 Å². The number of rotatable bonds is 4. The van der Waals surface area contributed by atoms with Gasteiger partial charge in [0.15, 0.2) is 0 Å². The van der Waals surface area contributed by atoms with E-state index in [0.717, 1.165) is 0 Å². The Labute approximate surface area is 182 Å². The Morgan fingerprint density at radius 3 is 2.77 bits per heavy atom. The summed E-state index contributed by atoms with van der Waals surface area (Å²) >= 11 is 12.2. The lowest BCUT2D eigenvalue weighted by molar-refractivity contribution is -0.535. The number of fused-ring (bicyclic) bond motifs is 2. The van der Waals surface area contributed by atoms with Crippen molar-refractivity contribution in [3.05, 3.63) is 62.2 Å². The largest absolute Gasteiger partial charge is 0.396 e. The third-order valence-electron chi connectivity index (χ3n) is 6.50. The highest BCUT2D eigenvalue weighted by molar-refractivity contribution is 6.31. The summed E-state index contributed by atoms with van der Waals surface area (Å²) in [6.07, 6.45) is 2.78. The molecule has 7 nitrogen and oxygen atoms in total. The maximum Gasteiger partial charge on any atom is 0.250 e. The van der Waals surface area contributed by atoms with Gasteiger partial charge in [-0.3, -0.25) is 20.2 Å². The van der Waals surface area contributed by atoms with E-state index in [-0.39, 0.29) is 18.1 Å². The number of halogens is 3. The summed E-state index contributed by atoms with van der Waals surface area (Å²) in [4.78, 5) is 25.1. The first-order valence-electron chi connectivity index (χ1n) is 9.49. The van der Waals surface area contributed by atoms with Crippen LogP contribution >= 0.6 is 23.2 Å². The number of hydrogen-bond acceptors (Lipinski definition) is 5. The van der Waals surface area contributed by atoms with E-state index in [1.807, 2.05) is 0 Å². The molecule has 0 aromatic heterocycles. The fourth-order valence-corrected chi connectivity index (χ4v) is 5.75. The number of nitrogens with one attached hydrogen (secondary N) is 2. The zero-order valence-corrected chi connectivity index (χ0v) is 17.5. The molecule has 2 heterocycles. The van der Waals surface area contributed by atoms with Crippen LogP contribution in [0.25, 0.3) is 0 Å². The van der Waals surface area contributed by atoms with Gasteiger partial charge in [-0.05, 0) is 24.6 Å². The van der Waals surface area contributed by atoms with Gasteiger partial charge in [-0.15, -0.1) is 0 Å². The molecule has 2 unspecified atom stereocenters. The van der Waals surface area contributed by atoms with Gasteiger partial charge < -0.3 is 10.4 Å². The lowest BCUT2D eigenvalue weighted by Gasteiger charge is -2.43. The number of benzene rings is 1. The fraction of sp³-hybridized carbons (Fsp3) is 0.450. The highest BCUT2D eigenvalue weighted by atomic mass is 35.5. The number of alkyl halides is 1. The molecule has 1 saturated heterocycles. The zero-order chi connectivity index (χ0) is 21.8. The van der Waals surface area contributed by atoms with Crippen LogP contribution in [0.1, 0.15) is 18.9 Å². The van der Waals surface area contributed by atoms with Gasteiger partial charge in [0.25, 0.3) is 0 Å². The van der Waals surface area contributed by atoms with Gasteiger partial charge in [0, 0.05) is 33.2 Å². The van der Waals surface area contributed by atoms with Gasteiger partial charge >= 0.3 is 0 Å². The number of aliphatic hydroxyl groups excluding tert-OH is 1. The first-order chi connectivity index (χ1) is 14.2. The van der Waals surface area contributed by atoms with Crippen molar-refractivity contribution in [3.63, 3.8) is 0 Å². The van der Waals surface area contributed by atoms with Crippen molar-refractivity contribution in [2.45, 2.75) is 37.1 Å². The molecular formula is C20H20Cl2FN3O4. The summed E-state index contributed by atoms with van der Waals surface area (Å²) in [5.41, 5.74) is -2.17. The maximum absolute atomic E-state index is 15.5. The van der Waals surface area contributed by atoms with Crippen LogP contribution in [0.5, 0.6) is 0 Å². The Bertz CT molecular complexity index is 987. The Morgan fingerprint density at radius 2 is 2.10 bits per heavy atom. The average molecular weight is 456 g/mol. The van der Waals surface area contributed by atoms with Crippen molar-refractivity contribution in [2.75, 3.05) is 11.9 Å². The van der Waals surface area contributed by atoms with Crippen molar-refractivity contribution in [1.82, 2.24) is 5.32 Å². The molecule has 0 radical (unpaired) electrons. The summed E-state index contributed by atoms with van der Waals surface area (Å²) in [6, 6.07) is 2.56. The molecule has 0 saturated carbocycles. The Kier molecular flexibility index (Phi) is 5.17. The van der Waals surface area contributed by atoms with Crippen molar-refractivity contribution in [3.8, 4) is 0 Å². The molecule has 30 heavy (non-hydrogen) atoms. The molecule has 1 amide bonds. The van der Waals surface area contributed by atoms with Gasteiger partial charge in [0.2, 0.25) is 11.9 Å². The highest BCUT2D eigenvalue weighted by Gasteiger charge is 2.71. The van der Waals surface area contributed by atoms with E-state index in [9.17, 15) is 20.0 Å². The first-order valence-corrected chi connectivity index (χ1v) is 10.2. The van der Waals surface area contributed by atoms with Gasteiger partial charge in [-0.1, -0.05) is 48.3 Å². The van der Waals surface area contributed by atoms with E-state index in [0.29, 0.717) is 16.3 Å². The third kappa shape index (κ3) is 2.81. The molecule has 1 fully saturated rings. The number of amides is 1. The predicted octanol–water partition coefficient (Wildman–Crippen LogP) is 3.14. The number of anilines is 1. The summed E-state index contributed by atoms with van der Waals surface area (Å²) in [5, 5.41) is 27.9. The topological polar surface area (TPSA) is 104 Å². The van der Waals surface area contributed by atoms with Crippen LogP contribution in [-0.2, 0) is 10.3 Å². The Balaban J connectivity index is 1.98. The standard InChI is InChI=1S/C20H20Cl2FN3O4/c1-19(7-2-3-12(22)17(19)23)16-15(26(29)30)13(6-8-27)25-20(16)11-5-4-10(21)9-14(11)24-18(20)28/h2-5,7,9,13,15-17,25,27H,6,8H2,1H3,(H,24,28)/t13-,15+,16+,17?,19?,20+/m0/s1. The molecule has 10 heteroatoms. The highest BCUT2D eigenvalue weighted by Crippen LogP contribution is 2.58. The number of nitro groups is 1. The predicted molar refractivity (Wildman–Crippen MR) is 111 cm³/mol. The van der Waals surface area contributed by atoms with Crippen LogP contribution in [0, 0.1) is 21.4 Å². The van der Waals surface area contributed by atoms with Crippen LogP contribution < -0.4 is 10.6 Å². The van der Waals surface area contributed by atoms with E-state index in [2.05, 4.69) is 10.6 Å². The number of carbonyl (C=O) groups excluding carboxylic acids is 1. The van der Waals surface area contributed by atoms with Crippen molar-refractivity contribution < 1.29 is 19.2 Å². The molecule has 1 aromatic rings. The summed E-state index contributed by atoms with van der Waals surface area (Å²) in [5.74, 6) is -1.66. The molecule has 0 bridgehead atoms. The number of carbonyl (C=O) groups is 1. The minimum atomic E-state index is -1.74. The smallest absolute Gasteiger partial charge is 0.250 e. The van der Waals surface area contributed by atoms with Crippen LogP contribution in [0.15, 0.2) is 41.5 Å². The maximum atomic E-state index is 15.5. The van der Waals surface area contributed by atoms with Gasteiger partial charge in [0.05, 0.1) is 17.0 Å². The molecule has 1 spiro atoms. The number of hydrogen-bond donors (Lipinski definition) is 3. The second-order valence-corrected chi connectivity index (χ2v) is 8.98. The Hall–Kier alpha value is -2.00.